The van der Waals surface area contributed by atoms with Crippen molar-refractivity contribution in [2.75, 3.05) is 25.6 Å². The van der Waals surface area contributed by atoms with Crippen LogP contribution in [0.2, 0.25) is 0 Å². The number of benzene rings is 2. The van der Waals surface area contributed by atoms with Crippen LogP contribution in [0, 0.1) is 5.92 Å². The lowest BCUT2D eigenvalue weighted by atomic mass is 9.71. The molecule has 2 atom stereocenters. The van der Waals surface area contributed by atoms with Crippen molar-refractivity contribution < 1.29 is 14.3 Å². The molecule has 1 N–H and O–H groups in total. The number of rotatable bonds is 6. The van der Waals surface area contributed by atoms with Gasteiger partial charge >= 0.3 is 5.97 Å². The average Bonchev–Trinajstić information content (AvgIpc) is 2.82. The second-order valence-corrected chi connectivity index (χ2v) is 9.91. The highest BCUT2D eigenvalue weighted by atomic mass is 16.5. The van der Waals surface area contributed by atoms with E-state index in [-0.39, 0.29) is 23.6 Å². The Bertz CT molecular complexity index is 1130. The van der Waals surface area contributed by atoms with E-state index in [1.165, 1.54) is 5.56 Å². The lowest BCUT2D eigenvalue weighted by Crippen LogP contribution is -2.36. The van der Waals surface area contributed by atoms with Crippen LogP contribution in [0.25, 0.3) is 0 Å². The third-order valence-corrected chi connectivity index (χ3v) is 6.61. The number of Topliss-reactive ketones (excluding diaryl/α,β-unsaturated/α-hetero) is 1. The van der Waals surface area contributed by atoms with Gasteiger partial charge in [0.15, 0.2) is 5.78 Å². The van der Waals surface area contributed by atoms with E-state index in [0.29, 0.717) is 24.2 Å². The molecule has 2 aromatic rings. The molecule has 2 aromatic carbocycles. The molecule has 5 nitrogen and oxygen atoms in total. The molecule has 0 radical (unpaired) electrons. The van der Waals surface area contributed by atoms with Crippen molar-refractivity contribution in [3.8, 4) is 0 Å². The third kappa shape index (κ3) is 4.79. The van der Waals surface area contributed by atoms with Crippen molar-refractivity contribution in [3.05, 3.63) is 88.3 Å². The number of nitrogens with one attached hydrogen (secondary N) is 1. The molecule has 0 bridgehead atoms. The Hall–Kier alpha value is -3.34. The fourth-order valence-electron chi connectivity index (χ4n) is 4.89. The summed E-state index contributed by atoms with van der Waals surface area (Å²) in [6, 6.07) is 18.3. The molecule has 5 heteroatoms. The molecular formula is C29H34N2O3. The van der Waals surface area contributed by atoms with Crippen molar-refractivity contribution in [1.82, 2.24) is 5.32 Å². The number of ether oxygens (including phenoxy) is 1. The minimum atomic E-state index is -0.434. The van der Waals surface area contributed by atoms with Gasteiger partial charge in [0.25, 0.3) is 0 Å². The summed E-state index contributed by atoms with van der Waals surface area (Å²) in [6.07, 6.45) is 1.17. The van der Waals surface area contributed by atoms with Crippen molar-refractivity contribution >= 4 is 17.4 Å². The predicted octanol–water partition coefficient (Wildman–Crippen LogP) is 5.31. The number of esters is 1. The zero-order valence-electron chi connectivity index (χ0n) is 20.7. The monoisotopic (exact) mass is 458 g/mol. The summed E-state index contributed by atoms with van der Waals surface area (Å²) in [5.41, 5.74) is 6.08. The molecule has 0 saturated heterocycles. The van der Waals surface area contributed by atoms with Gasteiger partial charge in [-0.15, -0.1) is 0 Å². The minimum Gasteiger partial charge on any atom is -0.462 e. The Morgan fingerprint density at radius 2 is 1.71 bits per heavy atom. The predicted molar refractivity (Wildman–Crippen MR) is 136 cm³/mol. The van der Waals surface area contributed by atoms with Crippen molar-refractivity contribution in [2.24, 2.45) is 5.92 Å². The summed E-state index contributed by atoms with van der Waals surface area (Å²) >= 11 is 0. The number of dihydropyridines is 1. The Kier molecular flexibility index (Phi) is 6.92. The Morgan fingerprint density at radius 3 is 2.32 bits per heavy atom. The van der Waals surface area contributed by atoms with Crippen molar-refractivity contribution in [2.45, 2.75) is 45.4 Å². The van der Waals surface area contributed by atoms with E-state index in [9.17, 15) is 9.59 Å². The van der Waals surface area contributed by atoms with Gasteiger partial charge in [-0.3, -0.25) is 4.79 Å². The summed E-state index contributed by atoms with van der Waals surface area (Å²) in [6.45, 7) is 6.28. The van der Waals surface area contributed by atoms with Crippen LogP contribution in [-0.2, 0) is 14.3 Å². The fourth-order valence-corrected chi connectivity index (χ4v) is 4.89. The summed E-state index contributed by atoms with van der Waals surface area (Å²) in [5, 5.41) is 3.43. The molecular weight excluding hydrogens is 424 g/mol. The van der Waals surface area contributed by atoms with Crippen LogP contribution in [0.3, 0.4) is 0 Å². The first-order valence-electron chi connectivity index (χ1n) is 12.0. The van der Waals surface area contributed by atoms with Gasteiger partial charge < -0.3 is 15.0 Å². The number of hydrogen-bond acceptors (Lipinski definition) is 5. The number of carbonyl (C=O) groups excluding carboxylic acids is 2. The number of ketones is 1. The lowest BCUT2D eigenvalue weighted by Gasteiger charge is -2.37. The summed E-state index contributed by atoms with van der Waals surface area (Å²) in [5.74, 6) is -0.344. The normalized spacial score (nSPS) is 20.2. The van der Waals surface area contributed by atoms with E-state index in [1.54, 1.807) is 0 Å². The highest BCUT2D eigenvalue weighted by Gasteiger charge is 2.41. The van der Waals surface area contributed by atoms with E-state index < -0.39 is 5.92 Å². The van der Waals surface area contributed by atoms with Crippen LogP contribution in [0.5, 0.6) is 0 Å². The topological polar surface area (TPSA) is 58.6 Å². The van der Waals surface area contributed by atoms with Crippen molar-refractivity contribution in [3.63, 3.8) is 0 Å². The van der Waals surface area contributed by atoms with Crippen molar-refractivity contribution in [1.29, 1.82) is 0 Å². The van der Waals surface area contributed by atoms with Crippen LogP contribution in [0.15, 0.2) is 77.1 Å². The molecule has 1 aliphatic heterocycles. The fraction of sp³-hybridized carbons (Fsp3) is 0.379. The molecule has 178 valence electrons. The van der Waals surface area contributed by atoms with Gasteiger partial charge in [-0.05, 0) is 48.4 Å². The molecule has 0 aromatic heterocycles. The summed E-state index contributed by atoms with van der Waals surface area (Å²) in [4.78, 5) is 28.9. The number of allylic oxidation sites excluding steroid dienone is 3. The van der Waals surface area contributed by atoms with E-state index in [2.05, 4.69) is 17.4 Å². The average molecular weight is 459 g/mol. The van der Waals surface area contributed by atoms with E-state index in [4.69, 9.17) is 4.74 Å². The number of carbonyl (C=O) groups is 2. The van der Waals surface area contributed by atoms with Crippen LogP contribution in [0.4, 0.5) is 5.69 Å². The molecule has 0 amide bonds. The molecule has 0 spiro atoms. The molecule has 0 saturated carbocycles. The number of hydrogen-bond donors (Lipinski definition) is 1. The largest absolute Gasteiger partial charge is 0.462 e. The maximum absolute atomic E-state index is 13.6. The summed E-state index contributed by atoms with van der Waals surface area (Å²) < 4.78 is 5.65. The van der Waals surface area contributed by atoms with Gasteiger partial charge in [0.1, 0.15) is 0 Å². The first-order chi connectivity index (χ1) is 16.3. The summed E-state index contributed by atoms with van der Waals surface area (Å²) in [7, 11) is 3.99. The highest BCUT2D eigenvalue weighted by Crippen LogP contribution is 2.45. The molecule has 4 rings (SSSR count). The molecule has 1 aliphatic carbocycles. The van der Waals surface area contributed by atoms with Crippen LogP contribution in [-0.4, -0.2) is 32.5 Å². The number of nitrogens with zero attached hydrogens (tertiary/aromatic N) is 1. The first kappa shape index (κ1) is 23.8. The van der Waals surface area contributed by atoms with Crippen LogP contribution < -0.4 is 10.2 Å². The molecule has 1 heterocycles. The van der Waals surface area contributed by atoms with E-state index in [1.807, 2.05) is 82.2 Å². The Balaban J connectivity index is 1.76. The van der Waals surface area contributed by atoms with Gasteiger partial charge in [0.05, 0.1) is 12.2 Å². The standard InChI is InChI=1S/C29H34N2O3/c1-18(2)17-34-29(33)26-19(3)30-24-15-22(20-9-7-6-8-10-20)16-25(32)28(24)27(26)21-11-13-23(14-12-21)31(4)5/h6-14,18,22,27,30H,15-17H2,1-5H3. The zero-order valence-corrected chi connectivity index (χ0v) is 20.7. The minimum absolute atomic E-state index is 0.0888. The smallest absolute Gasteiger partial charge is 0.336 e. The van der Waals surface area contributed by atoms with E-state index >= 15 is 0 Å². The van der Waals surface area contributed by atoms with Crippen LogP contribution >= 0.6 is 0 Å². The van der Waals surface area contributed by atoms with Gasteiger partial charge in [0, 0.05) is 49.1 Å². The SMILES string of the molecule is CC1=C(C(=O)OCC(C)C)C(c2ccc(N(C)C)cc2)C2=C(CC(c3ccccc3)CC2=O)N1. The first-order valence-corrected chi connectivity index (χ1v) is 12.0. The molecule has 0 fully saturated rings. The molecule has 2 aliphatic rings. The maximum atomic E-state index is 13.6. The van der Waals surface area contributed by atoms with Gasteiger partial charge in [0.2, 0.25) is 0 Å². The Morgan fingerprint density at radius 1 is 1.03 bits per heavy atom. The van der Waals surface area contributed by atoms with Crippen LogP contribution in [0.1, 0.15) is 56.6 Å². The Labute approximate surface area is 202 Å². The quantitative estimate of drug-likeness (QED) is 0.594. The molecule has 34 heavy (non-hydrogen) atoms. The highest BCUT2D eigenvalue weighted by molar-refractivity contribution is 6.04. The zero-order chi connectivity index (χ0) is 24.4. The van der Waals surface area contributed by atoms with Gasteiger partial charge in [-0.25, -0.2) is 4.79 Å². The van der Waals surface area contributed by atoms with Gasteiger partial charge in [-0.1, -0.05) is 56.3 Å². The molecule has 2 unspecified atom stereocenters. The third-order valence-electron chi connectivity index (χ3n) is 6.61. The van der Waals surface area contributed by atoms with Gasteiger partial charge in [-0.2, -0.15) is 0 Å². The second-order valence-electron chi connectivity index (χ2n) is 9.91. The lowest BCUT2D eigenvalue weighted by molar-refractivity contribution is -0.140. The maximum Gasteiger partial charge on any atom is 0.336 e. The number of anilines is 1. The van der Waals surface area contributed by atoms with E-state index in [0.717, 1.165) is 29.1 Å². The second kappa shape index (κ2) is 9.88.